The molecule has 1 N–H and O–H groups in total. The van der Waals surface area contributed by atoms with Crippen molar-refractivity contribution in [1.29, 1.82) is 0 Å². The molecule has 0 spiro atoms. The number of H-pyrrole nitrogens is 1. The minimum atomic E-state index is -0.557. The van der Waals surface area contributed by atoms with Crippen molar-refractivity contribution in [3.63, 3.8) is 0 Å². The zero-order chi connectivity index (χ0) is 25.4. The average Bonchev–Trinajstić information content (AvgIpc) is 3.63. The molecule has 1 aliphatic rings. The number of aryl methyl sites for hydroxylation is 1. The maximum Gasteiger partial charge on any atom is 0.229 e. The Balaban J connectivity index is 1.33. The third kappa shape index (κ3) is 2.97. The van der Waals surface area contributed by atoms with Crippen molar-refractivity contribution in [3.8, 4) is 0 Å². The van der Waals surface area contributed by atoms with Crippen LogP contribution in [0.2, 0.25) is 0 Å². The van der Waals surface area contributed by atoms with E-state index in [4.69, 9.17) is 4.42 Å². The van der Waals surface area contributed by atoms with Crippen LogP contribution < -0.4 is 21.7 Å². The van der Waals surface area contributed by atoms with E-state index in [1.165, 1.54) is 18.2 Å². The minimum Gasteiger partial charge on any atom is -0.447 e. The lowest BCUT2D eigenvalue weighted by atomic mass is 9.99. The Morgan fingerprint density at radius 3 is 2.19 bits per heavy atom. The number of aromatic nitrogens is 2. The van der Waals surface area contributed by atoms with E-state index in [0.29, 0.717) is 25.1 Å². The van der Waals surface area contributed by atoms with Crippen LogP contribution in [-0.4, -0.2) is 21.0 Å². The third-order valence-electron chi connectivity index (χ3n) is 7.26. The van der Waals surface area contributed by atoms with Gasteiger partial charge >= 0.3 is 0 Å². The topological polar surface area (TPSA) is 130 Å². The Bertz CT molecular complexity index is 2140. The van der Waals surface area contributed by atoms with Crippen molar-refractivity contribution in [2.45, 2.75) is 25.9 Å². The van der Waals surface area contributed by atoms with Gasteiger partial charge in [-0.25, -0.2) is 0 Å². The van der Waals surface area contributed by atoms with Crippen LogP contribution >= 0.6 is 0 Å². The summed E-state index contributed by atoms with van der Waals surface area (Å²) >= 11 is 0. The van der Waals surface area contributed by atoms with Crippen molar-refractivity contribution >= 4 is 49.4 Å². The van der Waals surface area contributed by atoms with Crippen LogP contribution in [0.1, 0.15) is 23.2 Å². The number of fused-ring (bicyclic) bond motifs is 6. The first-order valence-electron chi connectivity index (χ1n) is 11.8. The molecule has 180 valence electrons. The zero-order valence-corrected chi connectivity index (χ0v) is 19.3. The molecule has 0 aliphatic carbocycles. The number of benzene rings is 4. The standard InChI is InChI=1S/C28H17N3O6/c32-20(31-11-14-10-29-30-19(14)12-31)8-6-13-5-7-17-18(9-13)24(34)22-21-23(33)15-3-1-2-4-16(15)25(35)27(21)37-28(22)26(17)36/h1-5,7,9-10H,6,8,11-12H2,(H,29,30). The first-order chi connectivity index (χ1) is 17.9. The van der Waals surface area contributed by atoms with Gasteiger partial charge in [0.05, 0.1) is 29.2 Å². The molecule has 7 rings (SSSR count). The van der Waals surface area contributed by atoms with E-state index >= 15 is 0 Å². The van der Waals surface area contributed by atoms with E-state index in [9.17, 15) is 24.0 Å². The second kappa shape index (κ2) is 7.54. The molecule has 1 aliphatic heterocycles. The predicted octanol–water partition coefficient (Wildman–Crippen LogP) is 2.41. The second-order valence-electron chi connectivity index (χ2n) is 9.38. The lowest BCUT2D eigenvalue weighted by Crippen LogP contribution is -2.25. The highest BCUT2D eigenvalue weighted by Crippen LogP contribution is 2.25. The van der Waals surface area contributed by atoms with E-state index in [1.807, 2.05) is 0 Å². The molecule has 0 fully saturated rings. The molecule has 3 heterocycles. The molecule has 1 amide bonds. The van der Waals surface area contributed by atoms with Crippen molar-refractivity contribution < 1.29 is 9.21 Å². The number of hydrogen-bond donors (Lipinski definition) is 1. The van der Waals surface area contributed by atoms with Gasteiger partial charge in [-0.05, 0) is 24.1 Å². The first-order valence-corrected chi connectivity index (χ1v) is 11.8. The van der Waals surface area contributed by atoms with Crippen LogP contribution in [0.5, 0.6) is 0 Å². The fourth-order valence-electron chi connectivity index (χ4n) is 5.36. The Morgan fingerprint density at radius 1 is 0.838 bits per heavy atom. The molecule has 0 saturated carbocycles. The average molecular weight is 491 g/mol. The van der Waals surface area contributed by atoms with Crippen molar-refractivity contribution in [3.05, 3.63) is 106 Å². The van der Waals surface area contributed by atoms with E-state index in [-0.39, 0.29) is 55.8 Å². The lowest BCUT2D eigenvalue weighted by Gasteiger charge is -2.15. The molecule has 4 aromatic carbocycles. The van der Waals surface area contributed by atoms with Crippen LogP contribution in [0, 0.1) is 0 Å². The maximum absolute atomic E-state index is 13.6. The number of carbonyl (C=O) groups excluding carboxylic acids is 1. The van der Waals surface area contributed by atoms with E-state index in [1.54, 1.807) is 35.4 Å². The zero-order valence-electron chi connectivity index (χ0n) is 19.3. The number of nitrogens with zero attached hydrogens (tertiary/aromatic N) is 2. The van der Waals surface area contributed by atoms with Gasteiger partial charge in [-0.2, -0.15) is 5.10 Å². The van der Waals surface area contributed by atoms with Gasteiger partial charge in [0.15, 0.2) is 22.0 Å². The van der Waals surface area contributed by atoms with Crippen LogP contribution in [0.4, 0.5) is 0 Å². The van der Waals surface area contributed by atoms with E-state index in [2.05, 4.69) is 10.2 Å². The van der Waals surface area contributed by atoms with Crippen LogP contribution in [-0.2, 0) is 24.3 Å². The van der Waals surface area contributed by atoms with Crippen LogP contribution in [0.15, 0.2) is 72.3 Å². The van der Waals surface area contributed by atoms with Crippen molar-refractivity contribution in [1.82, 2.24) is 15.1 Å². The van der Waals surface area contributed by atoms with Crippen molar-refractivity contribution in [2.24, 2.45) is 0 Å². The SMILES string of the molecule is O=C(CCc1ccc2c(=O)c3oc4c(=O)c5ccccc5c(=O)c4c3c(=O)c2c1)N1Cc2cn[nH]c2C1. The molecule has 0 unspecified atom stereocenters. The molecular formula is C28H17N3O6. The lowest BCUT2D eigenvalue weighted by molar-refractivity contribution is -0.131. The van der Waals surface area contributed by atoms with E-state index in [0.717, 1.165) is 11.3 Å². The molecule has 0 radical (unpaired) electrons. The summed E-state index contributed by atoms with van der Waals surface area (Å²) < 4.78 is 5.60. The fraction of sp³-hybridized carbons (Fsp3) is 0.143. The van der Waals surface area contributed by atoms with Gasteiger partial charge in [0, 0.05) is 40.1 Å². The summed E-state index contributed by atoms with van der Waals surface area (Å²) in [5.74, 6) is -0.0290. The number of nitrogens with one attached hydrogen (secondary N) is 1. The monoisotopic (exact) mass is 491 g/mol. The maximum atomic E-state index is 13.6. The number of rotatable bonds is 3. The fourth-order valence-corrected chi connectivity index (χ4v) is 5.36. The highest BCUT2D eigenvalue weighted by molar-refractivity contribution is 6.12. The van der Waals surface area contributed by atoms with Gasteiger partial charge in [0.25, 0.3) is 0 Å². The first kappa shape index (κ1) is 21.4. The number of aromatic amines is 1. The molecule has 0 saturated heterocycles. The Kier molecular flexibility index (Phi) is 4.35. The van der Waals surface area contributed by atoms with Gasteiger partial charge in [-0.1, -0.05) is 30.3 Å². The molecular weight excluding hydrogens is 474 g/mol. The Labute approximate surface area is 206 Å². The Morgan fingerprint density at radius 2 is 1.49 bits per heavy atom. The summed E-state index contributed by atoms with van der Waals surface area (Å²) in [7, 11) is 0. The summed E-state index contributed by atoms with van der Waals surface area (Å²) in [5.41, 5.74) is -0.0822. The molecule has 37 heavy (non-hydrogen) atoms. The molecule has 9 heteroatoms. The summed E-state index contributed by atoms with van der Waals surface area (Å²) in [6.45, 7) is 0.988. The molecule has 2 aromatic heterocycles. The second-order valence-corrected chi connectivity index (χ2v) is 9.38. The van der Waals surface area contributed by atoms with Gasteiger partial charge in [0.1, 0.15) is 0 Å². The summed E-state index contributed by atoms with van der Waals surface area (Å²) in [6, 6.07) is 11.1. The Hall–Kier alpha value is -4.92. The van der Waals surface area contributed by atoms with Crippen LogP contribution in [0.3, 0.4) is 0 Å². The quantitative estimate of drug-likeness (QED) is 0.402. The molecule has 0 bridgehead atoms. The van der Waals surface area contributed by atoms with Gasteiger partial charge in [-0.3, -0.25) is 29.1 Å². The number of furan rings is 1. The number of carbonyl (C=O) groups is 1. The van der Waals surface area contributed by atoms with Gasteiger partial charge in [-0.15, -0.1) is 0 Å². The summed E-state index contributed by atoms with van der Waals surface area (Å²) in [5, 5.41) is 7.17. The molecule has 0 atom stereocenters. The molecule has 6 aromatic rings. The third-order valence-corrected chi connectivity index (χ3v) is 7.26. The number of amides is 1. The summed E-state index contributed by atoms with van der Waals surface area (Å²) in [4.78, 5) is 67.6. The highest BCUT2D eigenvalue weighted by Gasteiger charge is 2.25. The summed E-state index contributed by atoms with van der Waals surface area (Å²) in [6.07, 6.45) is 2.32. The van der Waals surface area contributed by atoms with E-state index < -0.39 is 21.7 Å². The van der Waals surface area contributed by atoms with Crippen molar-refractivity contribution in [2.75, 3.05) is 0 Å². The molecule has 9 nitrogen and oxygen atoms in total. The normalized spacial score (nSPS) is 13.4. The smallest absolute Gasteiger partial charge is 0.229 e. The predicted molar refractivity (Wildman–Crippen MR) is 137 cm³/mol. The van der Waals surface area contributed by atoms with Gasteiger partial charge in [0.2, 0.25) is 16.8 Å². The van der Waals surface area contributed by atoms with Gasteiger partial charge < -0.3 is 9.32 Å². The highest BCUT2D eigenvalue weighted by atomic mass is 16.3. The largest absolute Gasteiger partial charge is 0.447 e. The minimum absolute atomic E-state index is 0.0290. The number of hydrogen-bond acceptors (Lipinski definition) is 7. The van der Waals surface area contributed by atoms with Crippen LogP contribution in [0.25, 0.3) is 43.5 Å².